The molecule has 0 aliphatic rings. The second-order valence-corrected chi connectivity index (χ2v) is 4.11. The Balaban J connectivity index is 1.94. The molecule has 90 valence electrons. The highest BCUT2D eigenvalue weighted by molar-refractivity contribution is 6.30. The molecule has 2 aromatic rings. The fourth-order valence-electron chi connectivity index (χ4n) is 1.48. The lowest BCUT2D eigenvalue weighted by atomic mass is 10.3. The number of halogens is 1. The number of nitrogens with zero attached hydrogens (tertiary/aromatic N) is 2. The van der Waals surface area contributed by atoms with E-state index >= 15 is 0 Å². The van der Waals surface area contributed by atoms with Crippen LogP contribution < -0.4 is 4.74 Å². The highest BCUT2D eigenvalue weighted by Crippen LogP contribution is 2.17. The molecule has 1 unspecified atom stereocenters. The van der Waals surface area contributed by atoms with Gasteiger partial charge in [-0.1, -0.05) is 11.6 Å². The van der Waals surface area contributed by atoms with Crippen molar-refractivity contribution in [3.63, 3.8) is 0 Å². The van der Waals surface area contributed by atoms with Gasteiger partial charge >= 0.3 is 0 Å². The summed E-state index contributed by atoms with van der Waals surface area (Å²) in [6.45, 7) is 0.159. The summed E-state index contributed by atoms with van der Waals surface area (Å²) in [7, 11) is 1.83. The number of ether oxygens (including phenoxy) is 1. The van der Waals surface area contributed by atoms with Crippen molar-refractivity contribution in [3.05, 3.63) is 47.5 Å². The van der Waals surface area contributed by atoms with Gasteiger partial charge in [0.1, 0.15) is 24.3 Å². The van der Waals surface area contributed by atoms with Crippen LogP contribution in [0.25, 0.3) is 0 Å². The number of benzene rings is 1. The summed E-state index contributed by atoms with van der Waals surface area (Å²) in [5, 5.41) is 10.5. The first-order chi connectivity index (χ1) is 8.16. The zero-order chi connectivity index (χ0) is 12.3. The van der Waals surface area contributed by atoms with Crippen LogP contribution in [0.4, 0.5) is 0 Å². The zero-order valence-electron chi connectivity index (χ0n) is 9.38. The summed E-state index contributed by atoms with van der Waals surface area (Å²) in [5.74, 6) is 1.25. The van der Waals surface area contributed by atoms with Crippen molar-refractivity contribution in [1.82, 2.24) is 9.55 Å². The third kappa shape index (κ3) is 2.99. The van der Waals surface area contributed by atoms with Crippen LogP contribution in [0.5, 0.6) is 5.75 Å². The van der Waals surface area contributed by atoms with Crippen LogP contribution in [-0.2, 0) is 7.05 Å². The van der Waals surface area contributed by atoms with Crippen LogP contribution in [0.3, 0.4) is 0 Å². The van der Waals surface area contributed by atoms with E-state index in [4.69, 9.17) is 16.3 Å². The van der Waals surface area contributed by atoms with Gasteiger partial charge in [-0.2, -0.15) is 0 Å². The second-order valence-electron chi connectivity index (χ2n) is 3.68. The molecule has 0 amide bonds. The maximum atomic E-state index is 9.87. The maximum absolute atomic E-state index is 9.87. The first-order valence-corrected chi connectivity index (χ1v) is 5.58. The van der Waals surface area contributed by atoms with Gasteiger partial charge in [0.05, 0.1) is 0 Å². The third-order valence-electron chi connectivity index (χ3n) is 2.38. The molecule has 17 heavy (non-hydrogen) atoms. The third-order valence-corrected chi connectivity index (χ3v) is 2.63. The minimum absolute atomic E-state index is 0.159. The van der Waals surface area contributed by atoms with Crippen LogP contribution in [0.2, 0.25) is 5.02 Å². The highest BCUT2D eigenvalue weighted by Gasteiger charge is 2.12. The van der Waals surface area contributed by atoms with E-state index < -0.39 is 6.10 Å². The number of aromatic nitrogens is 2. The molecule has 1 N–H and O–H groups in total. The Morgan fingerprint density at radius 3 is 2.71 bits per heavy atom. The van der Waals surface area contributed by atoms with Crippen LogP contribution in [0.15, 0.2) is 36.7 Å². The smallest absolute Gasteiger partial charge is 0.146 e. The lowest BCUT2D eigenvalue weighted by Gasteiger charge is -2.12. The summed E-state index contributed by atoms with van der Waals surface area (Å²) in [5.41, 5.74) is 0. The molecule has 4 nitrogen and oxygen atoms in total. The van der Waals surface area contributed by atoms with E-state index in [1.165, 1.54) is 0 Å². The Bertz CT molecular complexity index is 482. The molecule has 0 radical (unpaired) electrons. The Morgan fingerprint density at radius 1 is 1.41 bits per heavy atom. The van der Waals surface area contributed by atoms with E-state index in [1.807, 2.05) is 7.05 Å². The van der Waals surface area contributed by atoms with Gasteiger partial charge in [0.25, 0.3) is 0 Å². The monoisotopic (exact) mass is 252 g/mol. The summed E-state index contributed by atoms with van der Waals surface area (Å²) in [4.78, 5) is 4.05. The second kappa shape index (κ2) is 5.21. The number of hydrogen-bond acceptors (Lipinski definition) is 3. The van der Waals surface area contributed by atoms with Crippen molar-refractivity contribution in [2.75, 3.05) is 6.61 Å². The molecule has 1 aromatic heterocycles. The molecule has 1 aromatic carbocycles. The fourth-order valence-corrected chi connectivity index (χ4v) is 1.60. The van der Waals surface area contributed by atoms with Gasteiger partial charge < -0.3 is 14.4 Å². The molecule has 1 atom stereocenters. The van der Waals surface area contributed by atoms with Crippen molar-refractivity contribution in [1.29, 1.82) is 0 Å². The Hall–Kier alpha value is -1.52. The van der Waals surface area contributed by atoms with Gasteiger partial charge in [0, 0.05) is 24.5 Å². The van der Waals surface area contributed by atoms with E-state index in [2.05, 4.69) is 4.98 Å². The van der Waals surface area contributed by atoms with E-state index in [-0.39, 0.29) is 6.61 Å². The quantitative estimate of drug-likeness (QED) is 0.907. The zero-order valence-corrected chi connectivity index (χ0v) is 10.1. The molecular formula is C12H13ClN2O2. The normalized spacial score (nSPS) is 12.4. The minimum atomic E-state index is -0.745. The van der Waals surface area contributed by atoms with E-state index in [0.29, 0.717) is 16.6 Å². The van der Waals surface area contributed by atoms with E-state index in [0.717, 1.165) is 0 Å². The number of aliphatic hydroxyl groups excluding tert-OH is 1. The van der Waals surface area contributed by atoms with Crippen molar-refractivity contribution < 1.29 is 9.84 Å². The SMILES string of the molecule is Cn1ccnc1C(O)COc1ccc(Cl)cc1. The van der Waals surface area contributed by atoms with Crippen molar-refractivity contribution in [2.45, 2.75) is 6.10 Å². The molecule has 0 aliphatic carbocycles. The largest absolute Gasteiger partial charge is 0.490 e. The van der Waals surface area contributed by atoms with E-state index in [9.17, 15) is 5.11 Å². The van der Waals surface area contributed by atoms with Gasteiger partial charge in [-0.15, -0.1) is 0 Å². The lowest BCUT2D eigenvalue weighted by molar-refractivity contribution is 0.0984. The van der Waals surface area contributed by atoms with Crippen LogP contribution >= 0.6 is 11.6 Å². The molecule has 0 aliphatic heterocycles. The first-order valence-electron chi connectivity index (χ1n) is 5.20. The van der Waals surface area contributed by atoms with Crippen molar-refractivity contribution >= 4 is 11.6 Å². The van der Waals surface area contributed by atoms with Gasteiger partial charge in [-0.25, -0.2) is 4.98 Å². The Morgan fingerprint density at radius 2 is 2.12 bits per heavy atom. The van der Waals surface area contributed by atoms with Gasteiger partial charge in [0.15, 0.2) is 0 Å². The summed E-state index contributed by atoms with van der Waals surface area (Å²) >= 11 is 5.76. The van der Waals surface area contributed by atoms with Crippen LogP contribution in [0.1, 0.15) is 11.9 Å². The number of rotatable bonds is 4. The summed E-state index contributed by atoms with van der Waals surface area (Å²) < 4.78 is 7.20. The number of aryl methyl sites for hydroxylation is 1. The number of imidazole rings is 1. The average molecular weight is 253 g/mol. The molecular weight excluding hydrogens is 240 g/mol. The molecule has 5 heteroatoms. The molecule has 0 saturated carbocycles. The molecule has 0 fully saturated rings. The average Bonchev–Trinajstić information content (AvgIpc) is 2.74. The number of hydrogen-bond donors (Lipinski definition) is 1. The van der Waals surface area contributed by atoms with Crippen molar-refractivity contribution in [2.24, 2.45) is 7.05 Å². The van der Waals surface area contributed by atoms with E-state index in [1.54, 1.807) is 41.2 Å². The standard InChI is InChI=1S/C12H13ClN2O2/c1-15-7-6-14-12(15)11(16)8-17-10-4-2-9(13)3-5-10/h2-7,11,16H,8H2,1H3. The summed E-state index contributed by atoms with van der Waals surface area (Å²) in [6.07, 6.45) is 2.67. The Kier molecular flexibility index (Phi) is 3.66. The molecule has 0 spiro atoms. The molecule has 1 heterocycles. The molecule has 2 rings (SSSR count). The van der Waals surface area contributed by atoms with Crippen LogP contribution in [0, 0.1) is 0 Å². The summed E-state index contributed by atoms with van der Waals surface area (Å²) in [6, 6.07) is 7.00. The van der Waals surface area contributed by atoms with Gasteiger partial charge in [-0.3, -0.25) is 0 Å². The van der Waals surface area contributed by atoms with Crippen molar-refractivity contribution in [3.8, 4) is 5.75 Å². The predicted molar refractivity (Wildman–Crippen MR) is 65.1 cm³/mol. The Labute approximate surface area is 104 Å². The van der Waals surface area contributed by atoms with Crippen LogP contribution in [-0.4, -0.2) is 21.3 Å². The van der Waals surface area contributed by atoms with Gasteiger partial charge in [-0.05, 0) is 24.3 Å². The molecule has 0 saturated heterocycles. The minimum Gasteiger partial charge on any atom is -0.490 e. The topological polar surface area (TPSA) is 47.3 Å². The lowest BCUT2D eigenvalue weighted by Crippen LogP contribution is -2.13. The van der Waals surface area contributed by atoms with Gasteiger partial charge in [0.2, 0.25) is 0 Å². The predicted octanol–water partition coefficient (Wildman–Crippen LogP) is 2.19. The first kappa shape index (κ1) is 12.0. The fraction of sp³-hybridized carbons (Fsp3) is 0.250. The highest BCUT2D eigenvalue weighted by atomic mass is 35.5. The molecule has 0 bridgehead atoms. The number of aliphatic hydroxyl groups is 1. The maximum Gasteiger partial charge on any atom is 0.146 e.